The van der Waals surface area contributed by atoms with E-state index >= 15 is 0 Å². The second-order valence-corrected chi connectivity index (χ2v) is 6.41. The Bertz CT molecular complexity index is 514. The van der Waals surface area contributed by atoms with Crippen molar-refractivity contribution in [2.45, 2.75) is 30.9 Å². The molecule has 0 aliphatic carbocycles. The van der Waals surface area contributed by atoms with Gasteiger partial charge in [-0.15, -0.1) is 0 Å². The summed E-state index contributed by atoms with van der Waals surface area (Å²) >= 11 is 0. The summed E-state index contributed by atoms with van der Waals surface area (Å²) in [5, 5.41) is 12.6. The first-order valence-corrected chi connectivity index (χ1v) is 7.76. The molecular formula is C11H19N3O4S. The van der Waals surface area contributed by atoms with E-state index in [9.17, 15) is 8.42 Å². The van der Waals surface area contributed by atoms with E-state index in [4.69, 9.17) is 9.84 Å². The van der Waals surface area contributed by atoms with Gasteiger partial charge in [-0.3, -0.25) is 4.68 Å². The zero-order valence-electron chi connectivity index (χ0n) is 10.8. The quantitative estimate of drug-likeness (QED) is 0.742. The molecule has 2 rings (SSSR count). The third-order valence-electron chi connectivity index (χ3n) is 3.32. The molecule has 1 aliphatic heterocycles. The Morgan fingerprint density at radius 3 is 3.05 bits per heavy atom. The van der Waals surface area contributed by atoms with Crippen molar-refractivity contribution < 1.29 is 18.3 Å². The Balaban J connectivity index is 1.97. The van der Waals surface area contributed by atoms with Crippen LogP contribution in [0.1, 0.15) is 13.3 Å². The summed E-state index contributed by atoms with van der Waals surface area (Å²) in [6.45, 7) is 3.20. The van der Waals surface area contributed by atoms with Crippen molar-refractivity contribution in [3.8, 4) is 0 Å². The van der Waals surface area contributed by atoms with E-state index in [1.165, 1.54) is 17.1 Å². The molecule has 1 saturated heterocycles. The van der Waals surface area contributed by atoms with Gasteiger partial charge in [-0.1, -0.05) is 0 Å². The molecule has 2 heterocycles. The molecule has 2 atom stereocenters. The van der Waals surface area contributed by atoms with Gasteiger partial charge in [0.15, 0.2) is 0 Å². The van der Waals surface area contributed by atoms with Crippen molar-refractivity contribution in [3.63, 3.8) is 0 Å². The van der Waals surface area contributed by atoms with Crippen LogP contribution >= 0.6 is 0 Å². The minimum absolute atomic E-state index is 0.0779. The summed E-state index contributed by atoms with van der Waals surface area (Å²) in [7, 11) is -3.54. The normalized spacial score (nSPS) is 23.9. The van der Waals surface area contributed by atoms with Crippen LogP contribution < -0.4 is 4.72 Å². The van der Waals surface area contributed by atoms with E-state index < -0.39 is 10.0 Å². The topological polar surface area (TPSA) is 93.5 Å². The number of ether oxygens (including phenoxy) is 1. The molecule has 108 valence electrons. The maximum atomic E-state index is 12.0. The Morgan fingerprint density at radius 2 is 2.42 bits per heavy atom. The number of aliphatic hydroxyl groups excluding tert-OH is 1. The molecule has 2 unspecified atom stereocenters. The van der Waals surface area contributed by atoms with E-state index in [0.717, 1.165) is 6.42 Å². The predicted molar refractivity (Wildman–Crippen MR) is 68.0 cm³/mol. The van der Waals surface area contributed by atoms with E-state index in [1.54, 1.807) is 0 Å². The summed E-state index contributed by atoms with van der Waals surface area (Å²) in [5.74, 6) is 0.210. The molecular weight excluding hydrogens is 270 g/mol. The highest BCUT2D eigenvalue weighted by Crippen LogP contribution is 2.20. The fourth-order valence-corrected chi connectivity index (χ4v) is 3.10. The minimum atomic E-state index is -3.54. The Labute approximate surface area is 112 Å². The standard InChI is InChI=1S/C11H19N3O4S/c1-9-10(2-5-18-9)6-13-19(16,17)11-7-12-14(8-11)3-4-15/h7-10,13,15H,2-6H2,1H3. The van der Waals surface area contributed by atoms with Gasteiger partial charge in [0.2, 0.25) is 10.0 Å². The van der Waals surface area contributed by atoms with Gasteiger partial charge in [-0.25, -0.2) is 13.1 Å². The van der Waals surface area contributed by atoms with Crippen LogP contribution in [0.2, 0.25) is 0 Å². The summed E-state index contributed by atoms with van der Waals surface area (Å²) in [5.41, 5.74) is 0. The summed E-state index contributed by atoms with van der Waals surface area (Å²) in [4.78, 5) is 0.118. The maximum Gasteiger partial charge on any atom is 0.243 e. The molecule has 0 radical (unpaired) electrons. The smallest absolute Gasteiger partial charge is 0.243 e. The number of aliphatic hydroxyl groups is 1. The molecule has 1 aromatic heterocycles. The highest BCUT2D eigenvalue weighted by atomic mass is 32.2. The lowest BCUT2D eigenvalue weighted by atomic mass is 10.0. The zero-order valence-corrected chi connectivity index (χ0v) is 11.6. The third-order valence-corrected chi connectivity index (χ3v) is 4.70. The number of hydrogen-bond donors (Lipinski definition) is 2. The highest BCUT2D eigenvalue weighted by Gasteiger charge is 2.26. The second kappa shape index (κ2) is 6.00. The monoisotopic (exact) mass is 289 g/mol. The first kappa shape index (κ1) is 14.4. The third kappa shape index (κ3) is 3.53. The van der Waals surface area contributed by atoms with Crippen LogP contribution in [0, 0.1) is 5.92 Å². The van der Waals surface area contributed by atoms with Crippen molar-refractivity contribution in [3.05, 3.63) is 12.4 Å². The van der Waals surface area contributed by atoms with Crippen LogP contribution in [0.3, 0.4) is 0 Å². The van der Waals surface area contributed by atoms with Crippen molar-refractivity contribution in [2.75, 3.05) is 19.8 Å². The number of sulfonamides is 1. The van der Waals surface area contributed by atoms with Crippen molar-refractivity contribution in [1.82, 2.24) is 14.5 Å². The van der Waals surface area contributed by atoms with Crippen molar-refractivity contribution in [1.29, 1.82) is 0 Å². The average molecular weight is 289 g/mol. The number of nitrogens with one attached hydrogen (secondary N) is 1. The van der Waals surface area contributed by atoms with Crippen LogP contribution in [0.4, 0.5) is 0 Å². The Kier molecular flexibility index (Phi) is 4.56. The molecule has 0 bridgehead atoms. The maximum absolute atomic E-state index is 12.0. The highest BCUT2D eigenvalue weighted by molar-refractivity contribution is 7.89. The lowest BCUT2D eigenvalue weighted by molar-refractivity contribution is 0.107. The van der Waals surface area contributed by atoms with Crippen molar-refractivity contribution >= 4 is 10.0 Å². The van der Waals surface area contributed by atoms with E-state index in [0.29, 0.717) is 13.2 Å². The van der Waals surface area contributed by atoms with Crippen molar-refractivity contribution in [2.24, 2.45) is 5.92 Å². The van der Waals surface area contributed by atoms with Gasteiger partial charge in [0.25, 0.3) is 0 Å². The minimum Gasteiger partial charge on any atom is -0.394 e. The summed E-state index contributed by atoms with van der Waals surface area (Å²) in [6.07, 6.45) is 3.65. The van der Waals surface area contributed by atoms with Gasteiger partial charge in [0, 0.05) is 25.3 Å². The Morgan fingerprint density at radius 1 is 1.63 bits per heavy atom. The van der Waals surface area contributed by atoms with Crippen LogP contribution in [0.15, 0.2) is 17.3 Å². The van der Waals surface area contributed by atoms with Crippen LogP contribution in [-0.2, 0) is 21.3 Å². The largest absolute Gasteiger partial charge is 0.394 e. The first-order chi connectivity index (χ1) is 9.03. The van der Waals surface area contributed by atoms with Gasteiger partial charge in [-0.2, -0.15) is 5.10 Å². The number of aromatic nitrogens is 2. The molecule has 19 heavy (non-hydrogen) atoms. The van der Waals surface area contributed by atoms with Crippen LogP contribution in [0.25, 0.3) is 0 Å². The summed E-state index contributed by atoms with van der Waals surface area (Å²) in [6, 6.07) is 0. The predicted octanol–water partition coefficient (Wildman–Crippen LogP) is -0.421. The van der Waals surface area contributed by atoms with Gasteiger partial charge < -0.3 is 9.84 Å². The van der Waals surface area contributed by atoms with E-state index in [1.807, 2.05) is 6.92 Å². The number of rotatable bonds is 6. The lowest BCUT2D eigenvalue weighted by Crippen LogP contribution is -2.31. The second-order valence-electron chi connectivity index (χ2n) is 4.64. The van der Waals surface area contributed by atoms with Gasteiger partial charge in [0.1, 0.15) is 4.90 Å². The molecule has 0 saturated carbocycles. The summed E-state index contributed by atoms with van der Waals surface area (Å²) < 4.78 is 33.5. The molecule has 7 nitrogen and oxygen atoms in total. The Hall–Kier alpha value is -0.960. The molecule has 1 aliphatic rings. The first-order valence-electron chi connectivity index (χ1n) is 6.27. The SMILES string of the molecule is CC1OCCC1CNS(=O)(=O)c1cnn(CCO)c1. The zero-order chi connectivity index (χ0) is 13.9. The molecule has 2 N–H and O–H groups in total. The van der Waals surface area contributed by atoms with E-state index in [2.05, 4.69) is 9.82 Å². The van der Waals surface area contributed by atoms with Crippen LogP contribution in [-0.4, -0.2) is 49.2 Å². The molecule has 0 aromatic carbocycles. The van der Waals surface area contributed by atoms with Crippen LogP contribution in [0.5, 0.6) is 0 Å². The van der Waals surface area contributed by atoms with Gasteiger partial charge >= 0.3 is 0 Å². The lowest BCUT2D eigenvalue weighted by Gasteiger charge is -2.14. The molecule has 1 aromatic rings. The van der Waals surface area contributed by atoms with E-state index in [-0.39, 0.29) is 30.1 Å². The molecule has 1 fully saturated rings. The number of hydrogen-bond acceptors (Lipinski definition) is 5. The molecule has 0 spiro atoms. The molecule has 8 heteroatoms. The fraction of sp³-hybridized carbons (Fsp3) is 0.727. The average Bonchev–Trinajstić information content (AvgIpc) is 2.97. The van der Waals surface area contributed by atoms with Gasteiger partial charge in [0.05, 0.1) is 25.5 Å². The molecule has 0 amide bonds. The van der Waals surface area contributed by atoms with Gasteiger partial charge in [-0.05, 0) is 13.3 Å². The fourth-order valence-electron chi connectivity index (χ4n) is 2.05. The number of nitrogens with zero attached hydrogens (tertiary/aromatic N) is 2.